The maximum absolute atomic E-state index is 13.2. The molecule has 1 heterocycles. The number of allylic oxidation sites excluding steroid dienone is 4. The lowest BCUT2D eigenvalue weighted by Crippen LogP contribution is -2.72. The Hall–Kier alpha value is -1.80. The van der Waals surface area contributed by atoms with Gasteiger partial charge in [-0.3, -0.25) is 4.79 Å². The summed E-state index contributed by atoms with van der Waals surface area (Å²) in [6, 6.07) is 0. The van der Waals surface area contributed by atoms with Gasteiger partial charge in [-0.2, -0.15) is 0 Å². The maximum Gasteiger partial charge on any atom is 0.336 e. The van der Waals surface area contributed by atoms with Crippen LogP contribution in [-0.4, -0.2) is 61.7 Å². The van der Waals surface area contributed by atoms with Gasteiger partial charge in [0.05, 0.1) is 23.2 Å². The first-order chi connectivity index (χ1) is 16.3. The average molecular weight is 487 g/mol. The summed E-state index contributed by atoms with van der Waals surface area (Å²) in [7, 11) is 0. The van der Waals surface area contributed by atoms with Crippen LogP contribution < -0.4 is 0 Å². The van der Waals surface area contributed by atoms with E-state index in [4.69, 9.17) is 4.74 Å². The molecule has 7 heteroatoms. The van der Waals surface area contributed by atoms with Crippen LogP contribution in [-0.2, 0) is 14.3 Å². The number of Topliss-reactive ketones (excluding diaryl/α,β-unsaturated/α-hetero) is 1. The van der Waals surface area contributed by atoms with Gasteiger partial charge >= 0.3 is 5.97 Å². The summed E-state index contributed by atoms with van der Waals surface area (Å²) in [5.41, 5.74) is -4.73. The topological polar surface area (TPSA) is 124 Å². The van der Waals surface area contributed by atoms with Crippen LogP contribution >= 0.6 is 0 Å². The molecule has 0 aromatic rings. The van der Waals surface area contributed by atoms with Crippen molar-refractivity contribution in [1.82, 2.24) is 0 Å². The molecule has 0 aromatic heterocycles. The lowest BCUT2D eigenvalue weighted by atomic mass is 9.44. The fraction of sp³-hybridized carbons (Fsp3) is 0.714. The van der Waals surface area contributed by atoms with Gasteiger partial charge in [0.15, 0.2) is 0 Å². The molecule has 0 saturated heterocycles. The highest BCUT2D eigenvalue weighted by molar-refractivity contribution is 5.92. The largest absolute Gasteiger partial charge is 0.455 e. The van der Waals surface area contributed by atoms with Gasteiger partial charge < -0.3 is 25.2 Å². The molecule has 0 amide bonds. The van der Waals surface area contributed by atoms with Gasteiger partial charge in [0.1, 0.15) is 23.1 Å². The zero-order valence-electron chi connectivity index (χ0n) is 21.1. The molecule has 5 aliphatic rings. The molecule has 4 aliphatic carbocycles. The first-order valence-electron chi connectivity index (χ1n) is 12.9. The van der Waals surface area contributed by atoms with Crippen molar-refractivity contribution in [3.8, 4) is 0 Å². The second-order valence-corrected chi connectivity index (χ2v) is 12.2. The van der Waals surface area contributed by atoms with E-state index < -0.39 is 46.3 Å². The number of carbonyl (C=O) groups is 2. The zero-order valence-corrected chi connectivity index (χ0v) is 21.1. The van der Waals surface area contributed by atoms with Gasteiger partial charge in [0, 0.05) is 18.3 Å². The van der Waals surface area contributed by atoms with Crippen LogP contribution in [0.15, 0.2) is 34.9 Å². The quantitative estimate of drug-likeness (QED) is 0.452. The smallest absolute Gasteiger partial charge is 0.336 e. The minimum absolute atomic E-state index is 0.0462. The predicted molar refractivity (Wildman–Crippen MR) is 128 cm³/mol. The third-order valence-corrected chi connectivity index (χ3v) is 11.0. The third-order valence-electron chi connectivity index (χ3n) is 11.0. The van der Waals surface area contributed by atoms with E-state index in [0.29, 0.717) is 31.3 Å². The van der Waals surface area contributed by atoms with Gasteiger partial charge in [-0.15, -0.1) is 0 Å². The molecule has 0 bridgehead atoms. The number of hydrogen-bond donors (Lipinski definition) is 4. The maximum atomic E-state index is 13.2. The minimum Gasteiger partial charge on any atom is -0.455 e. The summed E-state index contributed by atoms with van der Waals surface area (Å²) in [6.07, 6.45) is 7.74. The van der Waals surface area contributed by atoms with E-state index in [0.717, 1.165) is 5.57 Å². The molecule has 1 aliphatic heterocycles. The Kier molecular flexibility index (Phi) is 5.40. The van der Waals surface area contributed by atoms with Gasteiger partial charge in [-0.05, 0) is 70.3 Å². The molecule has 2 unspecified atom stereocenters. The average Bonchev–Trinajstić information content (AvgIpc) is 3.02. The first kappa shape index (κ1) is 24.9. The molecule has 4 N–H and O–H groups in total. The third kappa shape index (κ3) is 2.87. The van der Waals surface area contributed by atoms with Crippen LogP contribution in [0.1, 0.15) is 72.6 Å². The normalized spacial score (nSPS) is 46.9. The lowest BCUT2D eigenvalue weighted by Gasteiger charge is -2.63. The molecule has 2 fully saturated rings. The Morgan fingerprint density at radius 2 is 1.86 bits per heavy atom. The molecular formula is C28H38O7. The van der Waals surface area contributed by atoms with Crippen LogP contribution in [0.3, 0.4) is 0 Å². The lowest BCUT2D eigenvalue weighted by molar-refractivity contribution is -0.279. The minimum atomic E-state index is -1.83. The number of ether oxygens (including phenoxy) is 1. The van der Waals surface area contributed by atoms with Crippen molar-refractivity contribution in [2.75, 3.05) is 6.61 Å². The Balaban J connectivity index is 1.53. The molecule has 0 aromatic carbocycles. The molecule has 7 nitrogen and oxygen atoms in total. The molecule has 8 atom stereocenters. The summed E-state index contributed by atoms with van der Waals surface area (Å²) in [5, 5.41) is 46.0. The number of rotatable bonds is 3. The Bertz CT molecular complexity index is 1070. The van der Waals surface area contributed by atoms with E-state index in [2.05, 4.69) is 6.08 Å². The van der Waals surface area contributed by atoms with Gasteiger partial charge in [0.2, 0.25) is 0 Å². The Labute approximate surface area is 206 Å². The van der Waals surface area contributed by atoms with Crippen molar-refractivity contribution in [2.24, 2.45) is 22.7 Å². The van der Waals surface area contributed by atoms with E-state index in [1.165, 1.54) is 6.92 Å². The summed E-state index contributed by atoms with van der Waals surface area (Å²) in [4.78, 5) is 25.7. The van der Waals surface area contributed by atoms with E-state index >= 15 is 0 Å². The SMILES string of the molecule is CC1=C(CO)C(=O)O[C@@H]([C@](C)(O)[C@@]2(O)CC[C@@]3(O)C4CC=C5C=CCC(=O)[C@]5(C)C4CC[C@]23C)C1. The summed E-state index contributed by atoms with van der Waals surface area (Å²) < 4.78 is 5.56. The van der Waals surface area contributed by atoms with E-state index in [9.17, 15) is 30.0 Å². The number of aliphatic hydroxyl groups excluding tert-OH is 1. The second kappa shape index (κ2) is 7.60. The van der Waals surface area contributed by atoms with Crippen LogP contribution in [0.25, 0.3) is 0 Å². The number of carbonyl (C=O) groups excluding carboxylic acids is 2. The molecule has 0 radical (unpaired) electrons. The number of cyclic esters (lactones) is 1. The number of esters is 1. The number of fused-ring (bicyclic) bond motifs is 5. The summed E-state index contributed by atoms with van der Waals surface area (Å²) in [5.74, 6) is -0.791. The van der Waals surface area contributed by atoms with Crippen molar-refractivity contribution in [1.29, 1.82) is 0 Å². The Morgan fingerprint density at radius 1 is 1.14 bits per heavy atom. The van der Waals surface area contributed by atoms with Crippen LogP contribution in [0.5, 0.6) is 0 Å². The summed E-state index contributed by atoms with van der Waals surface area (Å²) >= 11 is 0. The van der Waals surface area contributed by atoms with Crippen molar-refractivity contribution < 1.29 is 34.8 Å². The second-order valence-electron chi connectivity index (χ2n) is 12.2. The molecule has 35 heavy (non-hydrogen) atoms. The Morgan fingerprint density at radius 3 is 2.51 bits per heavy atom. The fourth-order valence-corrected chi connectivity index (χ4v) is 8.53. The molecule has 192 valence electrons. The highest BCUT2D eigenvalue weighted by atomic mass is 16.6. The number of aliphatic hydroxyl groups is 4. The van der Waals surface area contributed by atoms with E-state index in [-0.39, 0.29) is 42.5 Å². The van der Waals surface area contributed by atoms with Gasteiger partial charge in [0.25, 0.3) is 0 Å². The highest BCUT2D eigenvalue weighted by Crippen LogP contribution is 2.70. The van der Waals surface area contributed by atoms with Crippen molar-refractivity contribution in [2.45, 2.75) is 95.5 Å². The van der Waals surface area contributed by atoms with Crippen LogP contribution in [0.4, 0.5) is 0 Å². The molecule has 2 saturated carbocycles. The van der Waals surface area contributed by atoms with Crippen molar-refractivity contribution >= 4 is 11.8 Å². The summed E-state index contributed by atoms with van der Waals surface area (Å²) in [6.45, 7) is 6.63. The van der Waals surface area contributed by atoms with Gasteiger partial charge in [-0.25, -0.2) is 4.79 Å². The van der Waals surface area contributed by atoms with Crippen molar-refractivity contribution in [3.05, 3.63) is 34.9 Å². The van der Waals surface area contributed by atoms with E-state index in [1.54, 1.807) is 6.92 Å². The van der Waals surface area contributed by atoms with E-state index in [1.807, 2.05) is 26.0 Å². The molecule has 0 spiro atoms. The molecular weight excluding hydrogens is 448 g/mol. The predicted octanol–water partition coefficient (Wildman–Crippen LogP) is 2.52. The first-order valence-corrected chi connectivity index (χ1v) is 12.9. The zero-order chi connectivity index (χ0) is 25.6. The van der Waals surface area contributed by atoms with Gasteiger partial charge in [-0.1, -0.05) is 30.7 Å². The number of hydrogen-bond acceptors (Lipinski definition) is 7. The number of ketones is 1. The van der Waals surface area contributed by atoms with Crippen LogP contribution in [0, 0.1) is 22.7 Å². The fourth-order valence-electron chi connectivity index (χ4n) is 8.53. The van der Waals surface area contributed by atoms with Crippen molar-refractivity contribution in [3.63, 3.8) is 0 Å². The molecule has 5 rings (SSSR count). The van der Waals surface area contributed by atoms with Crippen LogP contribution in [0.2, 0.25) is 0 Å². The highest BCUT2D eigenvalue weighted by Gasteiger charge is 2.76. The monoisotopic (exact) mass is 486 g/mol. The standard InChI is InChI=1S/C28H38O7/c1-16-14-22(35-23(31)18(16)15-29)26(4,32)28(34)13-12-27(33)20-9-8-17-6-5-7-21(30)25(17,3)19(20)10-11-24(27,28)2/h5-6,8,19-20,22,29,32-34H,7,9-15H2,1-4H3/t19?,20?,22-,24+,25+,26+,27-,28-/m1/s1.